The predicted octanol–water partition coefficient (Wildman–Crippen LogP) is 5.75. The number of para-hydroxylation sites is 1. The van der Waals surface area contributed by atoms with Crippen molar-refractivity contribution in [1.29, 1.82) is 0 Å². The Morgan fingerprint density at radius 2 is 1.63 bits per heavy atom. The lowest BCUT2D eigenvalue weighted by atomic mass is 9.95. The van der Waals surface area contributed by atoms with Crippen molar-refractivity contribution in [2.45, 2.75) is 33.1 Å². The van der Waals surface area contributed by atoms with Crippen LogP contribution in [0.1, 0.15) is 35.9 Å². The van der Waals surface area contributed by atoms with Gasteiger partial charge in [0.2, 0.25) is 0 Å². The van der Waals surface area contributed by atoms with Gasteiger partial charge in [-0.15, -0.1) is 0 Å². The third-order valence-corrected chi connectivity index (χ3v) is 6.82. The highest BCUT2D eigenvalue weighted by Gasteiger charge is 2.21. The molecule has 1 atom stereocenters. The van der Waals surface area contributed by atoms with Crippen LogP contribution in [0.4, 0.5) is 0 Å². The molecule has 0 aliphatic rings. The predicted molar refractivity (Wildman–Crippen MR) is 149 cm³/mol. The van der Waals surface area contributed by atoms with Crippen LogP contribution >= 0.6 is 0 Å². The van der Waals surface area contributed by atoms with Crippen LogP contribution < -0.4 is 5.56 Å². The number of pyridine rings is 2. The SMILES string of the molecule is Cc1ncc(-c2cccc3cc([C@H](C)Cc4nc(C)nc5cccnc45)n(-c4ccccc4)c(=O)c23)cn1. The summed E-state index contributed by atoms with van der Waals surface area (Å²) in [4.78, 5) is 36.9. The first kappa shape index (κ1) is 23.6. The van der Waals surface area contributed by atoms with Crippen LogP contribution in [0.2, 0.25) is 0 Å². The minimum atomic E-state index is -0.0754. The Morgan fingerprint density at radius 1 is 0.842 bits per heavy atom. The van der Waals surface area contributed by atoms with E-state index >= 15 is 0 Å². The summed E-state index contributed by atoms with van der Waals surface area (Å²) in [5.41, 5.74) is 5.77. The van der Waals surface area contributed by atoms with Crippen molar-refractivity contribution in [3.05, 3.63) is 119 Å². The largest absolute Gasteiger partial charge is 0.280 e. The van der Waals surface area contributed by atoms with Gasteiger partial charge < -0.3 is 0 Å². The highest BCUT2D eigenvalue weighted by molar-refractivity contribution is 5.96. The van der Waals surface area contributed by atoms with E-state index in [-0.39, 0.29) is 11.5 Å². The summed E-state index contributed by atoms with van der Waals surface area (Å²) in [6.45, 7) is 5.87. The van der Waals surface area contributed by atoms with Crippen LogP contribution in [0.25, 0.3) is 38.6 Å². The van der Waals surface area contributed by atoms with E-state index < -0.39 is 0 Å². The van der Waals surface area contributed by atoms with Gasteiger partial charge in [0, 0.05) is 47.9 Å². The first-order chi connectivity index (χ1) is 18.5. The smallest absolute Gasteiger partial charge is 0.263 e. The maximum atomic E-state index is 14.3. The molecule has 0 saturated carbocycles. The highest BCUT2D eigenvalue weighted by atomic mass is 16.1. The number of aryl methyl sites for hydroxylation is 2. The summed E-state index contributed by atoms with van der Waals surface area (Å²) >= 11 is 0. The summed E-state index contributed by atoms with van der Waals surface area (Å²) < 4.78 is 1.83. The van der Waals surface area contributed by atoms with E-state index in [1.54, 1.807) is 18.6 Å². The normalized spacial score (nSPS) is 12.2. The molecule has 6 rings (SSSR count). The molecule has 0 N–H and O–H groups in total. The van der Waals surface area contributed by atoms with Gasteiger partial charge in [0.25, 0.3) is 5.56 Å². The molecule has 0 saturated heterocycles. The minimum Gasteiger partial charge on any atom is -0.280 e. The van der Waals surface area contributed by atoms with E-state index in [4.69, 9.17) is 4.98 Å². The summed E-state index contributed by atoms with van der Waals surface area (Å²) in [6.07, 6.45) is 5.92. The topological polar surface area (TPSA) is 86.5 Å². The van der Waals surface area contributed by atoms with Crippen molar-refractivity contribution < 1.29 is 0 Å². The third kappa shape index (κ3) is 4.22. The summed E-state index contributed by atoms with van der Waals surface area (Å²) in [5.74, 6) is 1.36. The Hall–Kier alpha value is -4.78. The number of fused-ring (bicyclic) bond motifs is 2. The lowest BCUT2D eigenvalue weighted by molar-refractivity contribution is 0.684. The average Bonchev–Trinajstić information content (AvgIpc) is 2.93. The Kier molecular flexibility index (Phi) is 5.96. The highest BCUT2D eigenvalue weighted by Crippen LogP contribution is 2.30. The molecule has 7 heteroatoms. The van der Waals surface area contributed by atoms with E-state index in [1.165, 1.54) is 0 Å². The summed E-state index contributed by atoms with van der Waals surface area (Å²) in [5, 5.41) is 1.52. The molecule has 0 spiro atoms. The van der Waals surface area contributed by atoms with E-state index in [0.717, 1.165) is 44.6 Å². The molecule has 186 valence electrons. The number of hydrogen-bond acceptors (Lipinski definition) is 6. The molecule has 0 amide bonds. The van der Waals surface area contributed by atoms with E-state index in [0.29, 0.717) is 23.5 Å². The van der Waals surface area contributed by atoms with Gasteiger partial charge in [-0.05, 0) is 55.1 Å². The van der Waals surface area contributed by atoms with Crippen LogP contribution in [-0.2, 0) is 6.42 Å². The second-order valence-electron chi connectivity index (χ2n) is 9.53. The molecule has 38 heavy (non-hydrogen) atoms. The minimum absolute atomic E-state index is 0.0295. The average molecular weight is 499 g/mol. The Balaban J connectivity index is 1.57. The van der Waals surface area contributed by atoms with Gasteiger partial charge in [-0.2, -0.15) is 0 Å². The standard InChI is InChI=1S/C31H26N6O/c1-19(15-27-30-26(13-8-14-32-30)35-21(3)36-27)28-16-22-9-7-12-25(23-17-33-20(2)34-18-23)29(22)31(38)37(28)24-10-5-4-6-11-24/h4-14,16-19H,15H2,1-3H3/t19-/m1/s1. The molecule has 0 aliphatic carbocycles. The van der Waals surface area contributed by atoms with Crippen LogP contribution in [0.3, 0.4) is 0 Å². The number of nitrogens with zero attached hydrogens (tertiary/aromatic N) is 6. The zero-order valence-electron chi connectivity index (χ0n) is 21.5. The van der Waals surface area contributed by atoms with Gasteiger partial charge in [0.1, 0.15) is 17.2 Å². The fourth-order valence-corrected chi connectivity index (χ4v) is 5.05. The van der Waals surface area contributed by atoms with Crippen molar-refractivity contribution in [2.75, 3.05) is 0 Å². The van der Waals surface area contributed by atoms with Crippen molar-refractivity contribution in [3.63, 3.8) is 0 Å². The number of benzene rings is 2. The van der Waals surface area contributed by atoms with Crippen LogP contribution in [-0.4, -0.2) is 29.5 Å². The zero-order chi connectivity index (χ0) is 26.2. The second-order valence-corrected chi connectivity index (χ2v) is 9.53. The van der Waals surface area contributed by atoms with Crippen molar-refractivity contribution >= 4 is 21.8 Å². The summed E-state index contributed by atoms with van der Waals surface area (Å²) in [6, 6.07) is 21.7. The van der Waals surface area contributed by atoms with Gasteiger partial charge in [0.15, 0.2) is 0 Å². The molecule has 0 aliphatic heterocycles. The molecule has 4 heterocycles. The first-order valence-electron chi connectivity index (χ1n) is 12.6. The number of rotatable bonds is 5. The van der Waals surface area contributed by atoms with Gasteiger partial charge in [0.05, 0.1) is 16.6 Å². The molecule has 6 aromatic rings. The monoisotopic (exact) mass is 498 g/mol. The maximum Gasteiger partial charge on any atom is 0.263 e. The fraction of sp³-hybridized carbons (Fsp3) is 0.161. The fourth-order valence-electron chi connectivity index (χ4n) is 5.05. The Labute approximate surface area is 219 Å². The lowest BCUT2D eigenvalue weighted by Crippen LogP contribution is -2.24. The molecular weight excluding hydrogens is 472 g/mol. The molecule has 0 unspecified atom stereocenters. The molecule has 2 aromatic carbocycles. The van der Waals surface area contributed by atoms with E-state index in [2.05, 4.69) is 32.9 Å². The Bertz CT molecular complexity index is 1850. The third-order valence-electron chi connectivity index (χ3n) is 6.82. The molecule has 0 fully saturated rings. The quantitative estimate of drug-likeness (QED) is 0.301. The van der Waals surface area contributed by atoms with Crippen molar-refractivity contribution in [2.24, 2.45) is 0 Å². The molecule has 7 nitrogen and oxygen atoms in total. The maximum absolute atomic E-state index is 14.3. The van der Waals surface area contributed by atoms with Gasteiger partial charge in [-0.25, -0.2) is 19.9 Å². The van der Waals surface area contributed by atoms with Gasteiger partial charge in [-0.1, -0.05) is 43.3 Å². The molecule has 0 bridgehead atoms. The molecule has 0 radical (unpaired) electrons. The van der Waals surface area contributed by atoms with E-state index in [1.807, 2.05) is 79.1 Å². The Morgan fingerprint density at radius 3 is 2.42 bits per heavy atom. The zero-order valence-corrected chi connectivity index (χ0v) is 21.5. The van der Waals surface area contributed by atoms with Crippen molar-refractivity contribution in [3.8, 4) is 16.8 Å². The molecule has 4 aromatic heterocycles. The second kappa shape index (κ2) is 9.59. The van der Waals surface area contributed by atoms with Crippen LogP contribution in [0, 0.1) is 13.8 Å². The number of hydrogen-bond donors (Lipinski definition) is 0. The van der Waals surface area contributed by atoms with Gasteiger partial charge >= 0.3 is 0 Å². The van der Waals surface area contributed by atoms with E-state index in [9.17, 15) is 4.79 Å². The van der Waals surface area contributed by atoms with Crippen molar-refractivity contribution in [1.82, 2.24) is 29.5 Å². The van der Waals surface area contributed by atoms with Crippen LogP contribution in [0.15, 0.2) is 90.1 Å². The molecular formula is C31H26N6O. The van der Waals surface area contributed by atoms with Gasteiger partial charge in [-0.3, -0.25) is 14.3 Å². The summed E-state index contributed by atoms with van der Waals surface area (Å²) in [7, 11) is 0. The lowest BCUT2D eigenvalue weighted by Gasteiger charge is -2.21. The number of aromatic nitrogens is 6. The van der Waals surface area contributed by atoms with Crippen LogP contribution in [0.5, 0.6) is 0 Å². The first-order valence-corrected chi connectivity index (χ1v) is 12.6.